The summed E-state index contributed by atoms with van der Waals surface area (Å²) in [6.45, 7) is 7.84. The predicted octanol–water partition coefficient (Wildman–Crippen LogP) is 4.51. The van der Waals surface area contributed by atoms with Crippen LogP contribution >= 0.6 is 34.2 Å². The lowest BCUT2D eigenvalue weighted by molar-refractivity contribution is -0.386. The Morgan fingerprint density at radius 2 is 2.18 bits per heavy atom. The van der Waals surface area contributed by atoms with E-state index < -0.39 is 13.0 Å². The van der Waals surface area contributed by atoms with Crippen molar-refractivity contribution < 1.29 is 9.66 Å². The van der Waals surface area contributed by atoms with Crippen molar-refractivity contribution in [2.24, 2.45) is 0 Å². The van der Waals surface area contributed by atoms with Gasteiger partial charge in [-0.05, 0) is 34.7 Å². The summed E-state index contributed by atoms with van der Waals surface area (Å²) >= 11 is 8.17. The molecule has 0 amide bonds. The summed E-state index contributed by atoms with van der Waals surface area (Å²) in [5, 5.41) is 12.1. The highest BCUT2D eigenvalue weighted by Gasteiger charge is 2.20. The fourth-order valence-electron chi connectivity index (χ4n) is 1.91. The minimum atomic E-state index is -1.13. The van der Waals surface area contributed by atoms with Gasteiger partial charge in [-0.25, -0.2) is 4.98 Å². The first kappa shape index (κ1) is 17.6. The molecule has 0 unspecified atom stereocenters. The molecular weight excluding hydrogens is 437 g/mol. The lowest BCUT2D eigenvalue weighted by Crippen LogP contribution is -2.22. The van der Waals surface area contributed by atoms with Gasteiger partial charge in [0.1, 0.15) is 27.3 Å². The predicted molar refractivity (Wildman–Crippen MR) is 98.2 cm³/mol. The van der Waals surface area contributed by atoms with Crippen molar-refractivity contribution in [3.05, 3.63) is 31.1 Å². The van der Waals surface area contributed by atoms with Gasteiger partial charge < -0.3 is 4.74 Å². The molecule has 0 aliphatic rings. The lowest BCUT2D eigenvalue weighted by Gasteiger charge is -2.16. The van der Waals surface area contributed by atoms with Gasteiger partial charge in [0.25, 0.3) is 0 Å². The van der Waals surface area contributed by atoms with Gasteiger partial charge in [-0.15, -0.1) is 0 Å². The Morgan fingerprint density at radius 1 is 1.50 bits per heavy atom. The van der Waals surface area contributed by atoms with E-state index in [0.717, 1.165) is 6.04 Å². The molecule has 0 aliphatic carbocycles. The molecule has 6 nitrogen and oxygen atoms in total. The van der Waals surface area contributed by atoms with Gasteiger partial charge in [-0.1, -0.05) is 31.2 Å². The van der Waals surface area contributed by atoms with Crippen LogP contribution in [-0.2, 0) is 11.5 Å². The zero-order chi connectivity index (χ0) is 16.5. The molecule has 0 aliphatic heterocycles. The molecule has 0 spiro atoms. The molecule has 22 heavy (non-hydrogen) atoms. The third-order valence-electron chi connectivity index (χ3n) is 3.20. The lowest BCUT2D eigenvalue weighted by atomic mass is 10.3. The Labute approximate surface area is 148 Å². The monoisotopic (exact) mass is 453 g/mol. The van der Waals surface area contributed by atoms with Gasteiger partial charge in [-0.2, -0.15) is 0 Å². The molecule has 0 saturated carbocycles. The number of nitro groups is 1. The molecular formula is C13H17ClIN3O3Si. The van der Waals surface area contributed by atoms with Crippen LogP contribution in [0, 0.1) is 13.7 Å². The number of hydrogen-bond donors (Lipinski definition) is 0. The number of pyridine rings is 1. The van der Waals surface area contributed by atoms with Crippen molar-refractivity contribution in [1.29, 1.82) is 0 Å². The smallest absolute Gasteiger partial charge is 0.301 e. The van der Waals surface area contributed by atoms with Crippen molar-refractivity contribution in [2.45, 2.75) is 32.4 Å². The second-order valence-corrected chi connectivity index (χ2v) is 13.3. The van der Waals surface area contributed by atoms with E-state index in [9.17, 15) is 10.1 Å². The average Bonchev–Trinajstić information content (AvgIpc) is 2.71. The molecule has 120 valence electrons. The summed E-state index contributed by atoms with van der Waals surface area (Å²) in [6, 6.07) is 2.76. The van der Waals surface area contributed by atoms with E-state index >= 15 is 0 Å². The summed E-state index contributed by atoms with van der Waals surface area (Å²) in [7, 11) is -1.13. The standard InChI is InChI=1S/C13H17ClIN3O3Si/c1-22(2,3)5-4-21-8-17-11(14)6-9-12(15)10(18(19)20)7-16-13(9)17/h6-7H,4-5,8H2,1-3H3. The molecule has 2 aromatic rings. The highest BCUT2D eigenvalue weighted by Crippen LogP contribution is 2.31. The maximum atomic E-state index is 11.0. The number of hydrogen-bond acceptors (Lipinski definition) is 4. The molecule has 0 N–H and O–H groups in total. The number of halogens is 2. The van der Waals surface area contributed by atoms with Crippen LogP contribution in [0.4, 0.5) is 5.69 Å². The molecule has 2 rings (SSSR count). The van der Waals surface area contributed by atoms with Gasteiger partial charge in [0, 0.05) is 20.1 Å². The maximum Gasteiger partial charge on any atom is 0.301 e. The number of aromatic nitrogens is 2. The molecule has 0 atom stereocenters. The van der Waals surface area contributed by atoms with E-state index in [1.807, 2.05) is 22.6 Å². The zero-order valence-electron chi connectivity index (χ0n) is 12.6. The van der Waals surface area contributed by atoms with E-state index in [-0.39, 0.29) is 5.69 Å². The van der Waals surface area contributed by atoms with Gasteiger partial charge in [0.15, 0.2) is 0 Å². The van der Waals surface area contributed by atoms with Crippen LogP contribution in [-0.4, -0.2) is 29.2 Å². The Hall–Kier alpha value is -0.713. The minimum absolute atomic E-state index is 0.0124. The number of rotatable bonds is 6. The molecule has 2 aromatic heterocycles. The molecule has 9 heteroatoms. The normalized spacial score (nSPS) is 12.0. The van der Waals surface area contributed by atoms with E-state index in [1.165, 1.54) is 6.20 Å². The number of fused-ring (bicyclic) bond motifs is 1. The Bertz CT molecular complexity index is 715. The average molecular weight is 454 g/mol. The van der Waals surface area contributed by atoms with E-state index in [0.29, 0.717) is 33.1 Å². The molecule has 0 radical (unpaired) electrons. The maximum absolute atomic E-state index is 11.0. The summed E-state index contributed by atoms with van der Waals surface area (Å²) in [6.07, 6.45) is 1.26. The van der Waals surface area contributed by atoms with E-state index in [1.54, 1.807) is 10.6 Å². The van der Waals surface area contributed by atoms with Crippen molar-refractivity contribution in [3.63, 3.8) is 0 Å². The first-order valence-electron chi connectivity index (χ1n) is 6.76. The van der Waals surface area contributed by atoms with Crippen LogP contribution in [0.5, 0.6) is 0 Å². The van der Waals surface area contributed by atoms with Crippen molar-refractivity contribution in [3.8, 4) is 0 Å². The molecule has 0 saturated heterocycles. The fraction of sp³-hybridized carbons (Fsp3) is 0.462. The van der Waals surface area contributed by atoms with Gasteiger partial charge in [0.05, 0.1) is 4.92 Å². The number of nitrogens with zero attached hydrogens (tertiary/aromatic N) is 3. The summed E-state index contributed by atoms with van der Waals surface area (Å²) in [5.41, 5.74) is 0.592. The molecule has 0 aromatic carbocycles. The van der Waals surface area contributed by atoms with Crippen LogP contribution in [0.2, 0.25) is 30.8 Å². The molecule has 0 fully saturated rings. The van der Waals surface area contributed by atoms with Crippen LogP contribution < -0.4 is 0 Å². The van der Waals surface area contributed by atoms with E-state index in [2.05, 4.69) is 24.6 Å². The van der Waals surface area contributed by atoms with Crippen LogP contribution in [0.3, 0.4) is 0 Å². The van der Waals surface area contributed by atoms with E-state index in [4.69, 9.17) is 16.3 Å². The van der Waals surface area contributed by atoms with Crippen molar-refractivity contribution >= 4 is 59.0 Å². The second kappa shape index (κ2) is 6.81. The van der Waals surface area contributed by atoms with Gasteiger partial charge >= 0.3 is 5.69 Å². The summed E-state index contributed by atoms with van der Waals surface area (Å²) < 4.78 is 7.96. The third kappa shape index (κ3) is 3.97. The van der Waals surface area contributed by atoms with Crippen LogP contribution in [0.15, 0.2) is 12.3 Å². The highest BCUT2D eigenvalue weighted by molar-refractivity contribution is 14.1. The van der Waals surface area contributed by atoms with Crippen molar-refractivity contribution in [1.82, 2.24) is 9.55 Å². The fourth-order valence-corrected chi connectivity index (χ4v) is 3.64. The Morgan fingerprint density at radius 3 is 2.77 bits per heavy atom. The number of ether oxygens (including phenoxy) is 1. The van der Waals surface area contributed by atoms with Gasteiger partial charge in [-0.3, -0.25) is 14.7 Å². The second-order valence-electron chi connectivity index (χ2n) is 6.19. The van der Waals surface area contributed by atoms with Gasteiger partial charge in [0.2, 0.25) is 0 Å². The largest absolute Gasteiger partial charge is 0.361 e. The first-order chi connectivity index (χ1) is 10.2. The van der Waals surface area contributed by atoms with Crippen LogP contribution in [0.1, 0.15) is 0 Å². The SMILES string of the molecule is C[Si](C)(C)CCOCn1c(Cl)cc2c(I)c([N+](=O)[O-])cnc21. The Kier molecular flexibility index (Phi) is 5.46. The first-order valence-corrected chi connectivity index (χ1v) is 11.9. The van der Waals surface area contributed by atoms with Crippen molar-refractivity contribution in [2.75, 3.05) is 6.61 Å². The van der Waals surface area contributed by atoms with Crippen LogP contribution in [0.25, 0.3) is 11.0 Å². The quantitative estimate of drug-likeness (QED) is 0.212. The Balaban J connectivity index is 2.22. The highest BCUT2D eigenvalue weighted by atomic mass is 127. The minimum Gasteiger partial charge on any atom is -0.361 e. The topological polar surface area (TPSA) is 70.2 Å². The third-order valence-corrected chi connectivity index (χ3v) is 6.35. The summed E-state index contributed by atoms with van der Waals surface area (Å²) in [5.74, 6) is 0. The summed E-state index contributed by atoms with van der Waals surface area (Å²) in [4.78, 5) is 14.7. The molecule has 0 bridgehead atoms. The zero-order valence-corrected chi connectivity index (χ0v) is 16.5. The molecule has 2 heterocycles.